The highest BCUT2D eigenvalue weighted by Crippen LogP contribution is 2.57. The number of carbonyl (C=O) groups excluding carboxylic acids is 1. The molecule has 0 spiro atoms. The number of hydrogen-bond acceptors (Lipinski definition) is 9. The summed E-state index contributed by atoms with van der Waals surface area (Å²) in [4.78, 5) is 13.4. The zero-order valence-corrected chi connectivity index (χ0v) is 24.3. The van der Waals surface area contributed by atoms with Gasteiger partial charge in [-0.15, -0.1) is 12.4 Å². The number of esters is 1. The van der Waals surface area contributed by atoms with Crippen LogP contribution in [0.25, 0.3) is 0 Å². The molecule has 6 rings (SSSR count). The Balaban J connectivity index is 0.00000337. The largest absolute Gasteiger partial charge is 0.502 e. The molecule has 10 heteroatoms. The summed E-state index contributed by atoms with van der Waals surface area (Å²) in [5.74, 6) is 0.917. The van der Waals surface area contributed by atoms with E-state index in [-0.39, 0.29) is 60.2 Å². The Morgan fingerprint density at radius 3 is 2.20 bits per heavy atom. The first-order valence-electron chi connectivity index (χ1n) is 13.5. The number of hydrogen-bond donors (Lipinski definition) is 1. The normalized spacial score (nSPS) is 21.9. The zero-order chi connectivity index (χ0) is 28.0. The summed E-state index contributed by atoms with van der Waals surface area (Å²) in [6, 6.07) is 17.9. The van der Waals surface area contributed by atoms with Crippen molar-refractivity contribution in [1.29, 1.82) is 0 Å². The van der Waals surface area contributed by atoms with Crippen molar-refractivity contribution in [3.8, 4) is 28.7 Å². The van der Waals surface area contributed by atoms with E-state index >= 15 is 0 Å². The number of phenolic OH excluding ortho intramolecular Hbond substituents is 1. The van der Waals surface area contributed by atoms with Crippen LogP contribution in [0.2, 0.25) is 0 Å². The zero-order valence-electron chi connectivity index (χ0n) is 23.5. The number of rotatable bonds is 8. The lowest BCUT2D eigenvalue weighted by Gasteiger charge is -2.40. The van der Waals surface area contributed by atoms with Crippen LogP contribution in [-0.2, 0) is 9.53 Å². The van der Waals surface area contributed by atoms with Gasteiger partial charge in [-0.3, -0.25) is 4.79 Å². The molecule has 3 aromatic carbocycles. The Morgan fingerprint density at radius 2 is 1.56 bits per heavy atom. The predicted octanol–water partition coefficient (Wildman–Crippen LogP) is 4.95. The van der Waals surface area contributed by atoms with E-state index in [1.54, 1.807) is 12.1 Å². The Kier molecular flexibility index (Phi) is 8.11. The Morgan fingerprint density at radius 1 is 0.927 bits per heavy atom. The number of halogens is 1. The number of cyclic esters (lactones) is 1. The summed E-state index contributed by atoms with van der Waals surface area (Å²) in [6.07, 6.45) is 0.813. The third-order valence-electron chi connectivity index (χ3n) is 8.61. The molecule has 41 heavy (non-hydrogen) atoms. The van der Waals surface area contributed by atoms with E-state index in [4.69, 9.17) is 23.7 Å². The third-order valence-corrected chi connectivity index (χ3v) is 8.61. The number of fused-ring (bicyclic) bond motifs is 3. The molecular weight excluding hydrogens is 548 g/mol. The Bertz CT molecular complexity index is 1390. The molecular formula is C31H35ClN2O7. The smallest absolute Gasteiger partial charge is 0.310 e. The molecule has 9 nitrogen and oxygen atoms in total. The number of para-hydroxylation sites is 1. The van der Waals surface area contributed by atoms with Gasteiger partial charge in [0.2, 0.25) is 12.5 Å². The quantitative estimate of drug-likeness (QED) is 0.293. The topological polar surface area (TPSA) is 89.9 Å². The van der Waals surface area contributed by atoms with Gasteiger partial charge in [0, 0.05) is 32.5 Å². The lowest BCUT2D eigenvalue weighted by molar-refractivity contribution is -0.141. The Labute approximate surface area is 245 Å². The second-order valence-electron chi connectivity index (χ2n) is 10.5. The van der Waals surface area contributed by atoms with E-state index in [2.05, 4.69) is 42.3 Å². The average molecular weight is 583 g/mol. The van der Waals surface area contributed by atoms with Gasteiger partial charge in [-0.1, -0.05) is 18.2 Å². The van der Waals surface area contributed by atoms with E-state index in [1.807, 2.05) is 24.3 Å². The molecule has 1 aliphatic carbocycles. The number of hydrazine groups is 1. The van der Waals surface area contributed by atoms with Crippen LogP contribution in [0.15, 0.2) is 54.6 Å². The molecule has 0 bridgehead atoms. The highest BCUT2D eigenvalue weighted by molar-refractivity contribution is 5.85. The van der Waals surface area contributed by atoms with Crippen LogP contribution in [0.4, 0.5) is 5.69 Å². The maximum Gasteiger partial charge on any atom is 0.310 e. The SMILES string of the molecule is COc1cc([C@@H]2c3cc4c(cc3[C@@H](CCN(C)N(C)c3ccccc3)C3COC(=O)[C@@H]32)OCO4)cc(OC)c1O.Cl. The maximum absolute atomic E-state index is 13.4. The minimum atomic E-state index is -0.408. The molecule has 0 saturated carbocycles. The minimum absolute atomic E-state index is 0. The molecule has 1 fully saturated rings. The summed E-state index contributed by atoms with van der Waals surface area (Å²) in [6.45, 7) is 1.28. The third kappa shape index (κ3) is 4.97. The molecule has 3 aromatic rings. The van der Waals surface area contributed by atoms with Crippen molar-refractivity contribution in [3.63, 3.8) is 0 Å². The number of methoxy groups -OCH3 is 2. The van der Waals surface area contributed by atoms with E-state index < -0.39 is 5.92 Å². The van der Waals surface area contributed by atoms with Crippen LogP contribution in [0, 0.1) is 11.8 Å². The molecule has 0 amide bonds. The van der Waals surface area contributed by atoms with Gasteiger partial charge >= 0.3 is 5.97 Å². The van der Waals surface area contributed by atoms with Crippen molar-refractivity contribution < 1.29 is 33.6 Å². The number of nitrogens with zero attached hydrogens (tertiary/aromatic N) is 2. The van der Waals surface area contributed by atoms with Gasteiger partial charge in [-0.2, -0.15) is 0 Å². The molecule has 1 saturated heterocycles. The minimum Gasteiger partial charge on any atom is -0.502 e. The summed E-state index contributed by atoms with van der Waals surface area (Å²) in [7, 11) is 7.12. The van der Waals surface area contributed by atoms with Gasteiger partial charge in [0.05, 0.1) is 32.4 Å². The first kappa shape index (κ1) is 28.7. The van der Waals surface area contributed by atoms with Crippen molar-refractivity contribution in [2.45, 2.75) is 18.3 Å². The number of aromatic hydroxyl groups is 1. The highest BCUT2D eigenvalue weighted by Gasteiger charge is 2.52. The maximum atomic E-state index is 13.4. The van der Waals surface area contributed by atoms with Crippen LogP contribution in [0.1, 0.15) is 34.9 Å². The molecule has 2 aliphatic heterocycles. The molecule has 1 N–H and O–H groups in total. The summed E-state index contributed by atoms with van der Waals surface area (Å²) < 4.78 is 28.2. The fourth-order valence-electron chi connectivity index (χ4n) is 6.46. The lowest BCUT2D eigenvalue weighted by atomic mass is 9.62. The van der Waals surface area contributed by atoms with Gasteiger partial charge in [0.15, 0.2) is 23.0 Å². The van der Waals surface area contributed by atoms with Gasteiger partial charge in [0.25, 0.3) is 0 Å². The van der Waals surface area contributed by atoms with E-state index in [0.29, 0.717) is 18.1 Å². The number of carbonyl (C=O) groups is 1. The van der Waals surface area contributed by atoms with Crippen molar-refractivity contribution in [2.24, 2.45) is 11.8 Å². The van der Waals surface area contributed by atoms with E-state index in [9.17, 15) is 9.90 Å². The van der Waals surface area contributed by atoms with Gasteiger partial charge in [-0.25, -0.2) is 5.01 Å². The molecule has 2 heterocycles. The number of anilines is 1. The monoisotopic (exact) mass is 582 g/mol. The van der Waals surface area contributed by atoms with Crippen LogP contribution < -0.4 is 24.0 Å². The first-order valence-corrected chi connectivity index (χ1v) is 13.5. The molecule has 4 atom stereocenters. The summed E-state index contributed by atoms with van der Waals surface area (Å²) in [5.41, 5.74) is 4.02. The van der Waals surface area contributed by atoms with Crippen molar-refractivity contribution in [1.82, 2.24) is 5.01 Å². The van der Waals surface area contributed by atoms with Crippen LogP contribution in [0.5, 0.6) is 28.7 Å². The summed E-state index contributed by atoms with van der Waals surface area (Å²) >= 11 is 0. The van der Waals surface area contributed by atoms with Crippen molar-refractivity contribution >= 4 is 24.1 Å². The summed E-state index contributed by atoms with van der Waals surface area (Å²) in [5, 5.41) is 14.9. The predicted molar refractivity (Wildman–Crippen MR) is 156 cm³/mol. The highest BCUT2D eigenvalue weighted by atomic mass is 35.5. The van der Waals surface area contributed by atoms with Crippen LogP contribution in [0.3, 0.4) is 0 Å². The van der Waals surface area contributed by atoms with Crippen LogP contribution >= 0.6 is 12.4 Å². The number of benzene rings is 3. The van der Waals surface area contributed by atoms with Gasteiger partial charge in [0.1, 0.15) is 0 Å². The molecule has 0 aromatic heterocycles. The molecule has 0 radical (unpaired) electrons. The first-order chi connectivity index (χ1) is 19.4. The number of ether oxygens (including phenoxy) is 5. The second-order valence-corrected chi connectivity index (χ2v) is 10.5. The fourth-order valence-corrected chi connectivity index (χ4v) is 6.46. The van der Waals surface area contributed by atoms with Gasteiger partial charge in [-0.05, 0) is 65.4 Å². The fraction of sp³-hybridized carbons (Fsp3) is 0.387. The van der Waals surface area contributed by atoms with Gasteiger partial charge < -0.3 is 33.8 Å². The lowest BCUT2D eigenvalue weighted by Crippen LogP contribution is -2.40. The molecule has 3 aliphatic rings. The van der Waals surface area contributed by atoms with E-state index in [0.717, 1.165) is 35.3 Å². The second kappa shape index (κ2) is 11.6. The van der Waals surface area contributed by atoms with E-state index in [1.165, 1.54) is 14.2 Å². The van der Waals surface area contributed by atoms with Crippen molar-refractivity contribution in [3.05, 3.63) is 71.3 Å². The average Bonchev–Trinajstić information content (AvgIpc) is 3.60. The van der Waals surface area contributed by atoms with Crippen molar-refractivity contribution in [2.75, 3.05) is 53.3 Å². The number of phenols is 1. The molecule has 1 unspecified atom stereocenters. The standard InChI is InChI=1S/C31H34N2O7.ClH/c1-32(33(2)19-8-6-5-7-9-19)11-10-20-21-14-24-25(40-17-39-24)15-22(21)28(29-23(20)16-38-31(29)35)18-12-26(36-3)30(34)27(13-18)37-4;/h5-9,12-15,20,23,28-29,34H,10-11,16-17H2,1-4H3;1H/t20-,23?,28-,29+;/m1./s1. The molecule has 218 valence electrons. The van der Waals surface area contributed by atoms with Crippen LogP contribution in [-0.4, -0.2) is 64.3 Å². The Hall–Kier alpha value is -3.82.